The van der Waals surface area contributed by atoms with Gasteiger partial charge in [-0.2, -0.15) is 13.2 Å². The van der Waals surface area contributed by atoms with Crippen LogP contribution in [0.2, 0.25) is 0 Å². The first-order valence-corrected chi connectivity index (χ1v) is 15.3. The van der Waals surface area contributed by atoms with Crippen molar-refractivity contribution in [1.82, 2.24) is 4.98 Å². The van der Waals surface area contributed by atoms with Crippen molar-refractivity contribution in [3.63, 3.8) is 0 Å². The zero-order valence-corrected chi connectivity index (χ0v) is 25.3. The fourth-order valence-electron chi connectivity index (χ4n) is 5.43. The monoisotopic (exact) mass is 655 g/mol. The van der Waals surface area contributed by atoms with Crippen LogP contribution in [0.4, 0.5) is 24.5 Å². The molecule has 3 aromatic carbocycles. The lowest BCUT2D eigenvalue weighted by Crippen LogP contribution is -2.32. The van der Waals surface area contributed by atoms with Crippen molar-refractivity contribution in [3.05, 3.63) is 98.0 Å². The molecule has 3 atom stereocenters. The van der Waals surface area contributed by atoms with Crippen LogP contribution in [0.15, 0.2) is 76.6 Å². The standard InChI is InChI=1S/C31H24F3N3O6S2/c1-15-6-9-19(10-7-15)37-28(39)24-23(25-27(36-30(41)45-25)44-26(24)29(37)40)16-8-11-20(21(12-16)42-2)43-14-22(38)35-18-5-3-4-17(13-18)31(32,33)34/h3-13,23-24,26H,14H2,1-2H3,(H,35,38)(H,36,41). The molecule has 9 nitrogen and oxygen atoms in total. The molecule has 3 heterocycles. The Bertz CT molecular complexity index is 1870. The Balaban J connectivity index is 1.26. The number of halogens is 3. The van der Waals surface area contributed by atoms with E-state index in [2.05, 4.69) is 10.3 Å². The van der Waals surface area contributed by atoms with E-state index in [1.165, 1.54) is 42.0 Å². The van der Waals surface area contributed by atoms with Gasteiger partial charge >= 0.3 is 11.0 Å². The predicted octanol–water partition coefficient (Wildman–Crippen LogP) is 5.59. The van der Waals surface area contributed by atoms with Gasteiger partial charge in [0.25, 0.3) is 5.91 Å². The Kier molecular flexibility index (Phi) is 7.95. The first kappa shape index (κ1) is 30.5. The van der Waals surface area contributed by atoms with Gasteiger partial charge in [0, 0.05) is 16.5 Å². The molecule has 0 bridgehead atoms. The topological polar surface area (TPSA) is 118 Å². The van der Waals surface area contributed by atoms with E-state index in [4.69, 9.17) is 9.47 Å². The maximum atomic E-state index is 13.9. The number of methoxy groups -OCH3 is 1. The number of hydrogen-bond donors (Lipinski definition) is 2. The molecule has 14 heteroatoms. The number of nitrogens with one attached hydrogen (secondary N) is 2. The lowest BCUT2D eigenvalue weighted by molar-refractivity contribution is -0.137. The summed E-state index contributed by atoms with van der Waals surface area (Å²) in [4.78, 5) is 56.7. The van der Waals surface area contributed by atoms with Crippen LogP contribution in [0.25, 0.3) is 0 Å². The number of imide groups is 1. The second-order valence-corrected chi connectivity index (χ2v) is 12.6. The minimum absolute atomic E-state index is 0.0396. The SMILES string of the molecule is COc1cc(C2c3sc(=O)[nH]c3SC3C(=O)N(c4ccc(C)cc4)C(=O)C32)ccc1OCC(=O)Nc1cccc(C(F)(F)F)c1. The van der Waals surface area contributed by atoms with Gasteiger partial charge in [0.05, 0.1) is 29.3 Å². The summed E-state index contributed by atoms with van der Waals surface area (Å²) in [5.41, 5.74) is 1.09. The van der Waals surface area contributed by atoms with E-state index in [0.29, 0.717) is 21.2 Å². The van der Waals surface area contributed by atoms with E-state index in [1.807, 2.05) is 19.1 Å². The van der Waals surface area contributed by atoms with Crippen molar-refractivity contribution >= 4 is 52.2 Å². The van der Waals surface area contributed by atoms with Crippen LogP contribution in [0.5, 0.6) is 11.5 Å². The molecular formula is C31H24F3N3O6S2. The summed E-state index contributed by atoms with van der Waals surface area (Å²) in [7, 11) is 1.39. The number of benzene rings is 3. The number of anilines is 2. The quantitative estimate of drug-likeness (QED) is 0.250. The number of thioether (sulfide) groups is 1. The number of rotatable bonds is 7. The number of carbonyl (C=O) groups excluding carboxylic acids is 3. The fourth-order valence-corrected chi connectivity index (χ4v) is 7.95. The van der Waals surface area contributed by atoms with Crippen LogP contribution in [0.3, 0.4) is 0 Å². The zero-order chi connectivity index (χ0) is 32.0. The highest BCUT2D eigenvalue weighted by Crippen LogP contribution is 2.53. The Morgan fingerprint density at radius 1 is 1.00 bits per heavy atom. The molecule has 1 fully saturated rings. The van der Waals surface area contributed by atoms with Gasteiger partial charge < -0.3 is 19.8 Å². The fraction of sp³-hybridized carbons (Fsp3) is 0.226. The molecule has 3 unspecified atom stereocenters. The average Bonchev–Trinajstić information content (AvgIpc) is 3.50. The average molecular weight is 656 g/mol. The van der Waals surface area contributed by atoms with Gasteiger partial charge in [0.2, 0.25) is 11.8 Å². The molecule has 4 aromatic rings. The lowest BCUT2D eigenvalue weighted by Gasteiger charge is -2.30. The highest BCUT2D eigenvalue weighted by atomic mass is 32.2. The summed E-state index contributed by atoms with van der Waals surface area (Å²) < 4.78 is 50.2. The molecule has 2 N–H and O–H groups in total. The summed E-state index contributed by atoms with van der Waals surface area (Å²) in [6.07, 6.45) is -4.56. The molecule has 0 aliphatic carbocycles. The number of fused-ring (bicyclic) bond motifs is 2. The summed E-state index contributed by atoms with van der Waals surface area (Å²) in [6, 6.07) is 16.1. The van der Waals surface area contributed by atoms with E-state index >= 15 is 0 Å². The van der Waals surface area contributed by atoms with Crippen molar-refractivity contribution in [2.45, 2.75) is 29.3 Å². The number of aryl methyl sites for hydroxylation is 1. The number of alkyl halides is 3. The number of hydrogen-bond acceptors (Lipinski definition) is 8. The van der Waals surface area contributed by atoms with E-state index < -0.39 is 41.3 Å². The van der Waals surface area contributed by atoms with Crippen LogP contribution < -0.4 is 24.6 Å². The molecule has 0 spiro atoms. The Hall–Kier alpha value is -4.56. The highest BCUT2D eigenvalue weighted by molar-refractivity contribution is 8.00. The minimum atomic E-state index is -4.56. The molecule has 1 saturated heterocycles. The van der Waals surface area contributed by atoms with Gasteiger partial charge in [-0.3, -0.25) is 19.2 Å². The van der Waals surface area contributed by atoms with Crippen LogP contribution in [-0.4, -0.2) is 41.7 Å². The zero-order valence-electron chi connectivity index (χ0n) is 23.6. The summed E-state index contributed by atoms with van der Waals surface area (Å²) >= 11 is 2.14. The Morgan fingerprint density at radius 3 is 2.47 bits per heavy atom. The molecule has 232 valence electrons. The van der Waals surface area contributed by atoms with Gasteiger partial charge in [-0.15, -0.1) is 0 Å². The third-order valence-electron chi connectivity index (χ3n) is 7.50. The molecule has 6 rings (SSSR count). The molecule has 0 radical (unpaired) electrons. The smallest absolute Gasteiger partial charge is 0.416 e. The number of thiazole rings is 1. The number of aromatic nitrogens is 1. The first-order chi connectivity index (χ1) is 21.4. The Morgan fingerprint density at radius 2 is 1.76 bits per heavy atom. The van der Waals surface area contributed by atoms with Gasteiger partial charge in [0.1, 0.15) is 5.25 Å². The number of H-pyrrole nitrogens is 1. The van der Waals surface area contributed by atoms with Crippen molar-refractivity contribution < 1.29 is 37.0 Å². The second kappa shape index (κ2) is 11.7. The number of amides is 3. The molecule has 2 aliphatic heterocycles. The van der Waals surface area contributed by atoms with Crippen molar-refractivity contribution in [3.8, 4) is 11.5 Å². The van der Waals surface area contributed by atoms with Crippen molar-refractivity contribution in [2.75, 3.05) is 23.9 Å². The summed E-state index contributed by atoms with van der Waals surface area (Å²) in [5, 5.41) is 2.13. The molecule has 0 saturated carbocycles. The van der Waals surface area contributed by atoms with Gasteiger partial charge in [0.15, 0.2) is 18.1 Å². The number of aromatic amines is 1. The molecule has 2 aliphatic rings. The lowest BCUT2D eigenvalue weighted by atomic mass is 9.83. The minimum Gasteiger partial charge on any atom is -0.493 e. The third kappa shape index (κ3) is 5.82. The van der Waals surface area contributed by atoms with Crippen molar-refractivity contribution in [1.29, 1.82) is 0 Å². The highest BCUT2D eigenvalue weighted by Gasteiger charge is 2.56. The number of nitrogens with zero attached hydrogens (tertiary/aromatic N) is 1. The summed E-state index contributed by atoms with van der Waals surface area (Å²) in [5.74, 6) is -2.54. The number of ether oxygens (including phenoxy) is 2. The molecular weight excluding hydrogens is 631 g/mol. The van der Waals surface area contributed by atoms with Crippen LogP contribution >= 0.6 is 23.1 Å². The van der Waals surface area contributed by atoms with Crippen LogP contribution in [0, 0.1) is 12.8 Å². The molecule has 3 amide bonds. The van der Waals surface area contributed by atoms with Crippen molar-refractivity contribution in [2.24, 2.45) is 5.92 Å². The van der Waals surface area contributed by atoms with Gasteiger partial charge in [-0.25, -0.2) is 4.90 Å². The summed E-state index contributed by atoms with van der Waals surface area (Å²) in [6.45, 7) is 1.37. The van der Waals surface area contributed by atoms with Gasteiger partial charge in [-0.05, 0) is 55.0 Å². The van der Waals surface area contributed by atoms with Crippen LogP contribution in [0.1, 0.15) is 27.5 Å². The third-order valence-corrected chi connectivity index (χ3v) is 9.90. The normalized spacial score (nSPS) is 19.2. The van der Waals surface area contributed by atoms with E-state index in [-0.39, 0.29) is 33.9 Å². The van der Waals surface area contributed by atoms with E-state index in [1.54, 1.807) is 24.3 Å². The Labute approximate surface area is 262 Å². The van der Waals surface area contributed by atoms with Crippen LogP contribution in [-0.2, 0) is 20.6 Å². The number of carbonyl (C=O) groups is 3. The molecule has 45 heavy (non-hydrogen) atoms. The van der Waals surface area contributed by atoms with E-state index in [9.17, 15) is 32.3 Å². The molecule has 1 aromatic heterocycles. The maximum absolute atomic E-state index is 13.9. The first-order valence-electron chi connectivity index (χ1n) is 13.6. The van der Waals surface area contributed by atoms with E-state index in [0.717, 1.165) is 29.0 Å². The predicted molar refractivity (Wildman–Crippen MR) is 162 cm³/mol. The largest absolute Gasteiger partial charge is 0.493 e. The van der Waals surface area contributed by atoms with Gasteiger partial charge in [-0.1, -0.05) is 52.9 Å². The maximum Gasteiger partial charge on any atom is 0.416 e. The second-order valence-electron chi connectivity index (χ2n) is 10.4.